The van der Waals surface area contributed by atoms with Crippen LogP contribution in [0.4, 0.5) is 11.4 Å². The van der Waals surface area contributed by atoms with E-state index in [9.17, 15) is 4.79 Å². The van der Waals surface area contributed by atoms with Gasteiger partial charge in [0.05, 0.1) is 5.56 Å². The van der Waals surface area contributed by atoms with Gasteiger partial charge in [0.15, 0.2) is 0 Å². The molecule has 0 saturated heterocycles. The molecule has 4 N–H and O–H groups in total. The Morgan fingerprint density at radius 3 is 2.53 bits per heavy atom. The van der Waals surface area contributed by atoms with E-state index in [-0.39, 0.29) is 0 Å². The number of anilines is 2. The number of nitrogen functional groups attached to an aromatic ring is 1. The van der Waals surface area contributed by atoms with Crippen molar-refractivity contribution in [2.75, 3.05) is 23.7 Å². The molecule has 0 unspecified atom stereocenters. The van der Waals surface area contributed by atoms with Crippen LogP contribution in [0.2, 0.25) is 0 Å². The molecule has 0 bridgehead atoms. The van der Waals surface area contributed by atoms with Crippen molar-refractivity contribution in [2.24, 2.45) is 11.7 Å². The minimum absolute atomic E-state index is 0.393. The molecule has 0 aromatic heterocycles. The maximum absolute atomic E-state index is 11.2. The minimum atomic E-state index is -0.482. The number of rotatable bonds is 5. The quantitative estimate of drug-likeness (QED) is 0.765. The highest BCUT2D eigenvalue weighted by Crippen LogP contribution is 2.21. The van der Waals surface area contributed by atoms with Gasteiger partial charge in [0.2, 0.25) is 0 Å². The van der Waals surface area contributed by atoms with Gasteiger partial charge in [0.25, 0.3) is 5.91 Å². The van der Waals surface area contributed by atoms with Crippen LogP contribution in [0.15, 0.2) is 18.2 Å². The van der Waals surface area contributed by atoms with Crippen LogP contribution < -0.4 is 16.4 Å². The average molecular weight is 235 g/mol. The molecule has 0 atom stereocenters. The molecule has 0 radical (unpaired) electrons. The van der Waals surface area contributed by atoms with Crippen LogP contribution in [0, 0.1) is 5.92 Å². The van der Waals surface area contributed by atoms with Crippen LogP contribution in [-0.4, -0.2) is 19.0 Å². The summed E-state index contributed by atoms with van der Waals surface area (Å²) < 4.78 is 0. The van der Waals surface area contributed by atoms with Crippen molar-refractivity contribution < 1.29 is 4.79 Å². The molecule has 4 heteroatoms. The molecule has 0 aliphatic carbocycles. The van der Waals surface area contributed by atoms with E-state index in [1.807, 2.05) is 6.07 Å². The van der Waals surface area contributed by atoms with Crippen LogP contribution in [0.25, 0.3) is 0 Å². The molecule has 1 amide bonds. The molecule has 17 heavy (non-hydrogen) atoms. The summed E-state index contributed by atoms with van der Waals surface area (Å²) in [7, 11) is 0. The van der Waals surface area contributed by atoms with Crippen molar-refractivity contribution in [3.8, 4) is 0 Å². The molecular formula is C13H21N3O. The van der Waals surface area contributed by atoms with Gasteiger partial charge in [-0.2, -0.15) is 0 Å². The second-order valence-electron chi connectivity index (χ2n) is 4.57. The smallest absolute Gasteiger partial charge is 0.250 e. The van der Waals surface area contributed by atoms with Crippen molar-refractivity contribution in [1.29, 1.82) is 0 Å². The Hall–Kier alpha value is -1.71. The standard InChI is InChI=1S/C13H21N3O/c1-4-16(8-9(2)3)10-5-6-12(14)11(7-10)13(15)17/h5-7,9H,4,8,14H2,1-3H3,(H2,15,17). The van der Waals surface area contributed by atoms with E-state index in [4.69, 9.17) is 11.5 Å². The first-order chi connectivity index (χ1) is 7.95. The van der Waals surface area contributed by atoms with Gasteiger partial charge in [-0.1, -0.05) is 13.8 Å². The summed E-state index contributed by atoms with van der Waals surface area (Å²) >= 11 is 0. The maximum Gasteiger partial charge on any atom is 0.250 e. The van der Waals surface area contributed by atoms with Crippen molar-refractivity contribution in [2.45, 2.75) is 20.8 Å². The molecule has 0 saturated carbocycles. The molecule has 0 aliphatic heterocycles. The third-order valence-electron chi connectivity index (χ3n) is 2.63. The molecule has 4 nitrogen and oxygen atoms in total. The third kappa shape index (κ3) is 3.37. The second kappa shape index (κ2) is 5.57. The highest BCUT2D eigenvalue weighted by atomic mass is 16.1. The van der Waals surface area contributed by atoms with Crippen LogP contribution in [0.1, 0.15) is 31.1 Å². The number of carbonyl (C=O) groups excluding carboxylic acids is 1. The van der Waals surface area contributed by atoms with E-state index in [1.165, 1.54) is 0 Å². The average Bonchev–Trinajstić information content (AvgIpc) is 2.26. The van der Waals surface area contributed by atoms with Crippen molar-refractivity contribution in [1.82, 2.24) is 0 Å². The topological polar surface area (TPSA) is 72.3 Å². The van der Waals surface area contributed by atoms with Gasteiger partial charge in [0.1, 0.15) is 0 Å². The molecule has 0 fully saturated rings. The number of primary amides is 1. The predicted octanol–water partition coefficient (Wildman–Crippen LogP) is 1.85. The zero-order valence-corrected chi connectivity index (χ0v) is 10.7. The molecule has 94 valence electrons. The van der Waals surface area contributed by atoms with Crippen LogP contribution in [0.5, 0.6) is 0 Å². The summed E-state index contributed by atoms with van der Waals surface area (Å²) in [5.41, 5.74) is 12.8. The molecule has 1 aromatic carbocycles. The lowest BCUT2D eigenvalue weighted by Gasteiger charge is -2.25. The number of nitrogens with two attached hydrogens (primary N) is 2. The Morgan fingerprint density at radius 1 is 1.41 bits per heavy atom. The van der Waals surface area contributed by atoms with E-state index in [0.29, 0.717) is 17.2 Å². The molecule has 1 aromatic rings. The van der Waals surface area contributed by atoms with Gasteiger partial charge < -0.3 is 16.4 Å². The largest absolute Gasteiger partial charge is 0.398 e. The highest BCUT2D eigenvalue weighted by Gasteiger charge is 2.11. The fourth-order valence-electron chi connectivity index (χ4n) is 1.81. The first kappa shape index (κ1) is 13.4. The van der Waals surface area contributed by atoms with Gasteiger partial charge in [-0.05, 0) is 31.0 Å². The Kier molecular flexibility index (Phi) is 4.37. The van der Waals surface area contributed by atoms with Crippen LogP contribution in [0.3, 0.4) is 0 Å². The number of hydrogen-bond donors (Lipinski definition) is 2. The minimum Gasteiger partial charge on any atom is -0.398 e. The Balaban J connectivity index is 3.04. The number of carbonyl (C=O) groups is 1. The molecular weight excluding hydrogens is 214 g/mol. The molecule has 0 heterocycles. The summed E-state index contributed by atoms with van der Waals surface area (Å²) in [5, 5.41) is 0. The normalized spacial score (nSPS) is 10.6. The van der Waals surface area contributed by atoms with Crippen molar-refractivity contribution in [3.63, 3.8) is 0 Å². The Morgan fingerprint density at radius 2 is 2.06 bits per heavy atom. The molecule has 1 rings (SSSR count). The number of amides is 1. The van der Waals surface area contributed by atoms with E-state index in [1.54, 1.807) is 12.1 Å². The zero-order chi connectivity index (χ0) is 13.0. The summed E-state index contributed by atoms with van der Waals surface area (Å²) in [4.78, 5) is 13.4. The van der Waals surface area contributed by atoms with Crippen LogP contribution in [-0.2, 0) is 0 Å². The van der Waals surface area contributed by atoms with E-state index < -0.39 is 5.91 Å². The summed E-state index contributed by atoms with van der Waals surface area (Å²) in [5.74, 6) is 0.0782. The zero-order valence-electron chi connectivity index (χ0n) is 10.7. The van der Waals surface area contributed by atoms with Gasteiger partial charge in [-0.15, -0.1) is 0 Å². The van der Waals surface area contributed by atoms with E-state index in [2.05, 4.69) is 25.7 Å². The van der Waals surface area contributed by atoms with Crippen molar-refractivity contribution >= 4 is 17.3 Å². The Bertz CT molecular complexity index is 402. The van der Waals surface area contributed by atoms with E-state index in [0.717, 1.165) is 18.8 Å². The van der Waals surface area contributed by atoms with Gasteiger partial charge >= 0.3 is 0 Å². The van der Waals surface area contributed by atoms with Gasteiger partial charge in [-0.3, -0.25) is 4.79 Å². The first-order valence-corrected chi connectivity index (χ1v) is 5.90. The lowest BCUT2D eigenvalue weighted by molar-refractivity contribution is 0.100. The fraction of sp³-hybridized carbons (Fsp3) is 0.462. The first-order valence-electron chi connectivity index (χ1n) is 5.90. The highest BCUT2D eigenvalue weighted by molar-refractivity contribution is 5.99. The van der Waals surface area contributed by atoms with Crippen molar-refractivity contribution in [3.05, 3.63) is 23.8 Å². The van der Waals surface area contributed by atoms with Gasteiger partial charge in [-0.25, -0.2) is 0 Å². The lowest BCUT2D eigenvalue weighted by Crippen LogP contribution is -2.27. The molecule has 0 spiro atoms. The fourth-order valence-corrected chi connectivity index (χ4v) is 1.81. The lowest BCUT2D eigenvalue weighted by atomic mass is 10.1. The monoisotopic (exact) mass is 235 g/mol. The van der Waals surface area contributed by atoms with Crippen LogP contribution >= 0.6 is 0 Å². The number of hydrogen-bond acceptors (Lipinski definition) is 3. The summed E-state index contributed by atoms with van der Waals surface area (Å²) in [6, 6.07) is 5.43. The predicted molar refractivity (Wildman–Crippen MR) is 72.1 cm³/mol. The number of benzene rings is 1. The Labute approximate surface area is 103 Å². The SMILES string of the molecule is CCN(CC(C)C)c1ccc(N)c(C(N)=O)c1. The molecule has 0 aliphatic rings. The third-order valence-corrected chi connectivity index (χ3v) is 2.63. The summed E-state index contributed by atoms with van der Waals surface area (Å²) in [6.07, 6.45) is 0. The van der Waals surface area contributed by atoms with Gasteiger partial charge in [0, 0.05) is 24.5 Å². The number of nitrogens with zero attached hydrogens (tertiary/aromatic N) is 1. The maximum atomic E-state index is 11.2. The second-order valence-corrected chi connectivity index (χ2v) is 4.57. The summed E-state index contributed by atoms with van der Waals surface area (Å²) in [6.45, 7) is 8.24. The van der Waals surface area contributed by atoms with E-state index >= 15 is 0 Å².